The number of rotatable bonds is 3. The molecular weight excluding hydrogens is 240 g/mol. The lowest BCUT2D eigenvalue weighted by Gasteiger charge is -2.24. The summed E-state index contributed by atoms with van der Waals surface area (Å²) < 4.78 is 11.4. The molecule has 1 aliphatic heterocycles. The number of methoxy groups -OCH3 is 1. The van der Waals surface area contributed by atoms with Gasteiger partial charge in [0.15, 0.2) is 0 Å². The Hall–Kier alpha value is -1.81. The van der Waals surface area contributed by atoms with Crippen LogP contribution in [0.2, 0.25) is 0 Å². The monoisotopic (exact) mass is 258 g/mol. The van der Waals surface area contributed by atoms with Crippen molar-refractivity contribution >= 4 is 10.9 Å². The Kier molecular flexibility index (Phi) is 3.51. The molecule has 0 unspecified atom stereocenters. The average Bonchev–Trinajstić information content (AvgIpc) is 2.48. The highest BCUT2D eigenvalue weighted by Gasteiger charge is 2.16. The summed E-state index contributed by atoms with van der Waals surface area (Å²) in [5, 5.41) is 4.36. The molecule has 1 N–H and O–H groups in total. The van der Waals surface area contributed by atoms with E-state index in [4.69, 9.17) is 9.47 Å². The molecule has 19 heavy (non-hydrogen) atoms. The summed E-state index contributed by atoms with van der Waals surface area (Å²) in [5.41, 5.74) is 0.937. The van der Waals surface area contributed by atoms with Gasteiger partial charge in [-0.3, -0.25) is 4.98 Å². The van der Waals surface area contributed by atoms with E-state index in [0.29, 0.717) is 0 Å². The van der Waals surface area contributed by atoms with Crippen molar-refractivity contribution in [3.05, 3.63) is 30.5 Å². The average molecular weight is 258 g/mol. The highest BCUT2D eigenvalue weighted by molar-refractivity contribution is 5.86. The summed E-state index contributed by atoms with van der Waals surface area (Å²) in [7, 11) is 1.67. The fourth-order valence-corrected chi connectivity index (χ4v) is 2.42. The van der Waals surface area contributed by atoms with Crippen molar-refractivity contribution in [1.82, 2.24) is 10.3 Å². The van der Waals surface area contributed by atoms with E-state index in [1.807, 2.05) is 24.3 Å². The highest BCUT2D eigenvalue weighted by atomic mass is 16.5. The van der Waals surface area contributed by atoms with Crippen LogP contribution >= 0.6 is 0 Å². The highest BCUT2D eigenvalue weighted by Crippen LogP contribution is 2.29. The van der Waals surface area contributed by atoms with E-state index in [1.54, 1.807) is 13.3 Å². The zero-order chi connectivity index (χ0) is 13.1. The number of benzene rings is 1. The van der Waals surface area contributed by atoms with Crippen molar-refractivity contribution in [1.29, 1.82) is 0 Å². The third kappa shape index (κ3) is 2.63. The zero-order valence-electron chi connectivity index (χ0n) is 11.1. The van der Waals surface area contributed by atoms with Gasteiger partial charge in [0.2, 0.25) is 0 Å². The second-order valence-electron chi connectivity index (χ2n) is 4.76. The maximum absolute atomic E-state index is 6.13. The topological polar surface area (TPSA) is 43.4 Å². The standard InChI is InChI=1S/C15H18N2O2/c1-18-12-2-3-14-13(10-12)15(6-9-17-14)19-11-4-7-16-8-5-11/h2-3,6,9-11,16H,4-5,7-8H2,1H3. The summed E-state index contributed by atoms with van der Waals surface area (Å²) >= 11 is 0. The molecule has 0 saturated carbocycles. The van der Waals surface area contributed by atoms with E-state index in [1.165, 1.54) is 0 Å². The molecule has 4 nitrogen and oxygen atoms in total. The lowest BCUT2D eigenvalue weighted by Crippen LogP contribution is -2.34. The first-order chi connectivity index (χ1) is 9.36. The maximum atomic E-state index is 6.13. The van der Waals surface area contributed by atoms with Gasteiger partial charge >= 0.3 is 0 Å². The van der Waals surface area contributed by atoms with Gasteiger partial charge in [0.05, 0.1) is 12.6 Å². The summed E-state index contributed by atoms with van der Waals surface area (Å²) in [6.45, 7) is 2.05. The number of pyridine rings is 1. The van der Waals surface area contributed by atoms with E-state index in [0.717, 1.165) is 48.3 Å². The molecule has 1 saturated heterocycles. The number of piperidine rings is 1. The Labute approximate surface area is 112 Å². The smallest absolute Gasteiger partial charge is 0.130 e. The largest absolute Gasteiger partial charge is 0.497 e. The first-order valence-electron chi connectivity index (χ1n) is 6.67. The van der Waals surface area contributed by atoms with Crippen LogP contribution in [0, 0.1) is 0 Å². The van der Waals surface area contributed by atoms with E-state index in [9.17, 15) is 0 Å². The Morgan fingerprint density at radius 1 is 1.21 bits per heavy atom. The van der Waals surface area contributed by atoms with Crippen LogP contribution < -0.4 is 14.8 Å². The second-order valence-corrected chi connectivity index (χ2v) is 4.76. The van der Waals surface area contributed by atoms with Crippen LogP contribution in [-0.4, -0.2) is 31.3 Å². The van der Waals surface area contributed by atoms with Crippen LogP contribution in [0.25, 0.3) is 10.9 Å². The van der Waals surface area contributed by atoms with Crippen LogP contribution in [0.5, 0.6) is 11.5 Å². The molecule has 1 fully saturated rings. The first kappa shape index (κ1) is 12.2. The summed E-state index contributed by atoms with van der Waals surface area (Å²) in [6.07, 6.45) is 4.19. The third-order valence-electron chi connectivity index (χ3n) is 3.49. The molecule has 0 spiro atoms. The minimum absolute atomic E-state index is 0.290. The molecule has 3 rings (SSSR count). The fourth-order valence-electron chi connectivity index (χ4n) is 2.42. The number of ether oxygens (including phenoxy) is 2. The normalized spacial score (nSPS) is 16.5. The molecule has 0 atom stereocenters. The molecule has 2 aromatic rings. The van der Waals surface area contributed by atoms with Crippen LogP contribution in [0.3, 0.4) is 0 Å². The van der Waals surface area contributed by atoms with Gasteiger partial charge in [-0.25, -0.2) is 0 Å². The van der Waals surface area contributed by atoms with Crippen LogP contribution in [-0.2, 0) is 0 Å². The lowest BCUT2D eigenvalue weighted by molar-refractivity contribution is 0.164. The molecule has 0 aliphatic carbocycles. The van der Waals surface area contributed by atoms with Gasteiger partial charge in [-0.05, 0) is 50.2 Å². The minimum atomic E-state index is 0.290. The van der Waals surface area contributed by atoms with Crippen molar-refractivity contribution in [2.24, 2.45) is 0 Å². The van der Waals surface area contributed by atoms with Crippen molar-refractivity contribution < 1.29 is 9.47 Å². The van der Waals surface area contributed by atoms with Crippen LogP contribution in [0.1, 0.15) is 12.8 Å². The van der Waals surface area contributed by atoms with Crippen molar-refractivity contribution in [3.63, 3.8) is 0 Å². The van der Waals surface area contributed by atoms with Gasteiger partial charge < -0.3 is 14.8 Å². The zero-order valence-corrected chi connectivity index (χ0v) is 11.1. The van der Waals surface area contributed by atoms with Crippen molar-refractivity contribution in [2.45, 2.75) is 18.9 Å². The molecule has 0 bridgehead atoms. The van der Waals surface area contributed by atoms with Gasteiger partial charge in [-0.15, -0.1) is 0 Å². The van der Waals surface area contributed by atoms with Crippen LogP contribution in [0.15, 0.2) is 30.5 Å². The van der Waals surface area contributed by atoms with Gasteiger partial charge in [0.1, 0.15) is 17.6 Å². The molecule has 2 heterocycles. The number of fused-ring (bicyclic) bond motifs is 1. The Morgan fingerprint density at radius 3 is 2.84 bits per heavy atom. The summed E-state index contributed by atoms with van der Waals surface area (Å²) in [4.78, 5) is 4.36. The quantitative estimate of drug-likeness (QED) is 0.918. The SMILES string of the molecule is COc1ccc2nccc(OC3CCNCC3)c2c1. The number of hydrogen-bond acceptors (Lipinski definition) is 4. The number of hydrogen-bond donors (Lipinski definition) is 1. The Balaban J connectivity index is 1.92. The van der Waals surface area contributed by atoms with Crippen molar-refractivity contribution in [3.8, 4) is 11.5 Å². The number of aromatic nitrogens is 1. The predicted molar refractivity (Wildman–Crippen MR) is 74.8 cm³/mol. The lowest BCUT2D eigenvalue weighted by atomic mass is 10.1. The van der Waals surface area contributed by atoms with E-state index in [-0.39, 0.29) is 6.10 Å². The van der Waals surface area contributed by atoms with Gasteiger partial charge in [0, 0.05) is 11.6 Å². The van der Waals surface area contributed by atoms with Gasteiger partial charge in [0.25, 0.3) is 0 Å². The predicted octanol–water partition coefficient (Wildman–Crippen LogP) is 2.37. The second kappa shape index (κ2) is 5.45. The molecule has 4 heteroatoms. The van der Waals surface area contributed by atoms with E-state index in [2.05, 4.69) is 10.3 Å². The molecular formula is C15H18N2O2. The van der Waals surface area contributed by atoms with E-state index < -0.39 is 0 Å². The Morgan fingerprint density at radius 2 is 2.05 bits per heavy atom. The fraction of sp³-hybridized carbons (Fsp3) is 0.400. The molecule has 1 aromatic carbocycles. The first-order valence-corrected chi connectivity index (χ1v) is 6.67. The molecule has 0 radical (unpaired) electrons. The maximum Gasteiger partial charge on any atom is 0.130 e. The third-order valence-corrected chi connectivity index (χ3v) is 3.49. The summed E-state index contributed by atoms with van der Waals surface area (Å²) in [5.74, 6) is 1.73. The molecule has 0 amide bonds. The van der Waals surface area contributed by atoms with Crippen LogP contribution in [0.4, 0.5) is 0 Å². The molecule has 1 aliphatic rings. The molecule has 1 aromatic heterocycles. The van der Waals surface area contributed by atoms with E-state index >= 15 is 0 Å². The Bertz CT molecular complexity index is 565. The minimum Gasteiger partial charge on any atom is -0.497 e. The number of nitrogens with zero attached hydrogens (tertiary/aromatic N) is 1. The van der Waals surface area contributed by atoms with Gasteiger partial charge in [-0.2, -0.15) is 0 Å². The van der Waals surface area contributed by atoms with Crippen molar-refractivity contribution in [2.75, 3.05) is 20.2 Å². The van der Waals surface area contributed by atoms with Gasteiger partial charge in [-0.1, -0.05) is 0 Å². The molecule has 100 valence electrons. The number of nitrogens with one attached hydrogen (secondary N) is 1. The summed E-state index contributed by atoms with van der Waals surface area (Å²) in [6, 6.07) is 7.80.